The van der Waals surface area contributed by atoms with Gasteiger partial charge in [0.15, 0.2) is 5.52 Å². The number of aromatic nitrogens is 1. The molecule has 0 bridgehead atoms. The normalized spacial score (nSPS) is 11.1. The topological polar surface area (TPSA) is 29.9 Å². The minimum atomic E-state index is 1.12. The highest BCUT2D eigenvalue weighted by Crippen LogP contribution is 2.12. The van der Waals surface area contributed by atoms with E-state index in [1.807, 2.05) is 29.7 Å². The summed E-state index contributed by atoms with van der Waals surface area (Å²) in [7, 11) is 1.57. The summed E-state index contributed by atoms with van der Waals surface area (Å²) in [5.41, 5.74) is 7.87. The molecule has 0 aliphatic rings. The Morgan fingerprint density at radius 1 is 1.33 bits per heavy atom. The van der Waals surface area contributed by atoms with Crippen LogP contribution in [0.2, 0.25) is 0 Å². The smallest absolute Gasteiger partial charge is 0.303 e. The monoisotopic (exact) mass is 196 g/mol. The van der Waals surface area contributed by atoms with Gasteiger partial charge in [0, 0.05) is 17.5 Å². The Morgan fingerprint density at radius 2 is 2.20 bits per heavy atom. The van der Waals surface area contributed by atoms with Crippen molar-refractivity contribution in [2.45, 2.75) is 6.92 Å². The van der Waals surface area contributed by atoms with Crippen LogP contribution >= 0.6 is 0 Å². The van der Waals surface area contributed by atoms with Crippen LogP contribution in [-0.4, -0.2) is 7.55 Å². The molecule has 1 aromatic carbocycles. The van der Waals surface area contributed by atoms with Crippen molar-refractivity contribution in [3.8, 4) is 0 Å². The number of nitrogens with zero attached hydrogens (tertiary/aromatic N) is 1. The van der Waals surface area contributed by atoms with Gasteiger partial charge in [-0.25, -0.2) is 0 Å². The van der Waals surface area contributed by atoms with E-state index in [1.54, 1.807) is 7.55 Å². The van der Waals surface area contributed by atoms with Crippen molar-refractivity contribution in [1.29, 1.82) is 0 Å². The molecule has 73 valence electrons. The van der Waals surface area contributed by atoms with Gasteiger partial charge in [-0.15, -0.1) is 0 Å². The molecule has 0 aliphatic heterocycles. The van der Waals surface area contributed by atoms with Crippen molar-refractivity contribution >= 4 is 24.5 Å². The van der Waals surface area contributed by atoms with Gasteiger partial charge in [-0.05, 0) is 24.6 Å². The second-order valence-electron chi connectivity index (χ2n) is 3.38. The lowest BCUT2D eigenvalue weighted by Crippen LogP contribution is -2.45. The fourth-order valence-corrected chi connectivity index (χ4v) is 1.67. The van der Waals surface area contributed by atoms with Crippen LogP contribution < -0.4 is 10.1 Å². The average molecular weight is 196 g/mol. The molecule has 0 fully saturated rings. The third kappa shape index (κ3) is 1.92. The Bertz CT molecular complexity index is 506. The number of allylic oxidation sites excluding steroid dienone is 1. The highest BCUT2D eigenvalue weighted by Gasteiger charge is 2.08. The maximum absolute atomic E-state index is 5.56. The van der Waals surface area contributed by atoms with Gasteiger partial charge < -0.3 is 5.64 Å². The Morgan fingerprint density at radius 3 is 2.93 bits per heavy atom. The molecule has 1 heterocycles. The Balaban J connectivity index is 2.67. The first-order valence-electron chi connectivity index (χ1n) is 4.97. The van der Waals surface area contributed by atoms with E-state index in [1.165, 1.54) is 10.9 Å². The average Bonchev–Trinajstić information content (AvgIpc) is 2.28. The minimum absolute atomic E-state index is 1.12. The van der Waals surface area contributed by atoms with Gasteiger partial charge in [0.05, 0.1) is 0 Å². The van der Waals surface area contributed by atoms with Crippen molar-refractivity contribution in [3.63, 3.8) is 0 Å². The fraction of sp³-hybridized carbons (Fsp3) is 0.0833. The molecule has 2 rings (SSSR count). The number of hydrogen-bond donors (Lipinski definition) is 1. The van der Waals surface area contributed by atoms with Crippen LogP contribution in [0.5, 0.6) is 0 Å². The van der Waals surface area contributed by atoms with Crippen molar-refractivity contribution in [2.75, 3.05) is 0 Å². The summed E-state index contributed by atoms with van der Waals surface area (Å²) in [5.74, 6) is 0. The highest BCUT2D eigenvalue weighted by atomic mass is 14.9. The van der Waals surface area contributed by atoms with Crippen LogP contribution in [0.3, 0.4) is 0 Å². The van der Waals surface area contributed by atoms with Crippen LogP contribution in [0.1, 0.15) is 12.5 Å². The van der Waals surface area contributed by atoms with E-state index in [2.05, 4.69) is 30.3 Å². The molecule has 0 saturated carbocycles. The van der Waals surface area contributed by atoms with Crippen LogP contribution in [0.4, 0.5) is 0 Å². The Labute approximate surface area is 90.3 Å². The van der Waals surface area contributed by atoms with Crippen LogP contribution in [-0.2, 0) is 0 Å². The SMILES string of the molecule is C/C=C/c1ccc2ccc[n+]([B]N)c2c1. The second kappa shape index (κ2) is 4.28. The van der Waals surface area contributed by atoms with E-state index in [4.69, 9.17) is 5.64 Å². The third-order valence-electron chi connectivity index (χ3n) is 2.37. The van der Waals surface area contributed by atoms with Gasteiger partial charge in [-0.3, -0.25) is 4.48 Å². The van der Waals surface area contributed by atoms with Gasteiger partial charge in [0.25, 0.3) is 0 Å². The van der Waals surface area contributed by atoms with E-state index in [0.29, 0.717) is 0 Å². The molecule has 0 aliphatic carbocycles. The molecule has 3 heteroatoms. The molecule has 0 amide bonds. The zero-order chi connectivity index (χ0) is 10.7. The second-order valence-corrected chi connectivity index (χ2v) is 3.38. The predicted molar refractivity (Wildman–Crippen MR) is 64.2 cm³/mol. The third-order valence-corrected chi connectivity index (χ3v) is 2.37. The maximum atomic E-state index is 5.56. The van der Waals surface area contributed by atoms with E-state index in [9.17, 15) is 0 Å². The molecule has 2 nitrogen and oxygen atoms in total. The summed E-state index contributed by atoms with van der Waals surface area (Å²) < 4.78 is 1.92. The number of hydrogen-bond acceptors (Lipinski definition) is 1. The van der Waals surface area contributed by atoms with Crippen molar-refractivity contribution in [2.24, 2.45) is 5.64 Å². The van der Waals surface area contributed by atoms with E-state index in [0.717, 1.165) is 5.52 Å². The van der Waals surface area contributed by atoms with Crippen molar-refractivity contribution in [3.05, 3.63) is 48.2 Å². The van der Waals surface area contributed by atoms with Crippen LogP contribution in [0, 0.1) is 0 Å². The van der Waals surface area contributed by atoms with Crippen LogP contribution in [0.15, 0.2) is 42.6 Å². The largest absolute Gasteiger partial charge is 0.648 e. The molecule has 0 atom stereocenters. The van der Waals surface area contributed by atoms with Gasteiger partial charge >= 0.3 is 7.55 Å². The molecule has 0 unspecified atom stereocenters. The van der Waals surface area contributed by atoms with E-state index >= 15 is 0 Å². The summed E-state index contributed by atoms with van der Waals surface area (Å²) in [4.78, 5) is 0. The van der Waals surface area contributed by atoms with Gasteiger partial charge in [0.2, 0.25) is 0 Å². The molecule has 1 aromatic heterocycles. The lowest BCUT2D eigenvalue weighted by Gasteiger charge is -1.99. The lowest BCUT2D eigenvalue weighted by atomic mass is 10.1. The Hall–Kier alpha value is -1.61. The number of nitrogens with two attached hydrogens (primary N) is 1. The zero-order valence-corrected chi connectivity index (χ0v) is 8.72. The Kier molecular flexibility index (Phi) is 2.83. The quantitative estimate of drug-likeness (QED) is 0.724. The molecular weight excluding hydrogens is 183 g/mol. The molecule has 1 radical (unpaired) electrons. The number of rotatable bonds is 2. The molecule has 0 spiro atoms. The number of fused-ring (bicyclic) bond motifs is 1. The predicted octanol–water partition coefficient (Wildman–Crippen LogP) is 1.50. The summed E-state index contributed by atoms with van der Waals surface area (Å²) >= 11 is 0. The van der Waals surface area contributed by atoms with Crippen LogP contribution in [0.25, 0.3) is 17.0 Å². The minimum Gasteiger partial charge on any atom is -0.303 e. The first kappa shape index (κ1) is 9.93. The molecular formula is C12H13BN2+. The zero-order valence-electron chi connectivity index (χ0n) is 8.72. The first-order chi connectivity index (χ1) is 7.35. The molecule has 0 saturated heterocycles. The van der Waals surface area contributed by atoms with Crippen molar-refractivity contribution in [1.82, 2.24) is 0 Å². The standard InChI is InChI=1S/C12H13BN2/c1-2-4-10-6-7-11-5-3-8-15(13-14)12(11)9-10/h2-9H,14H2,1H3/q+1/b4-2+. The summed E-state index contributed by atoms with van der Waals surface area (Å²) in [6, 6.07) is 10.4. The number of pyridine rings is 1. The fourth-order valence-electron chi connectivity index (χ4n) is 1.67. The van der Waals surface area contributed by atoms with Gasteiger partial charge in [0.1, 0.15) is 6.20 Å². The summed E-state index contributed by atoms with van der Waals surface area (Å²) in [6.07, 6.45) is 6.05. The highest BCUT2D eigenvalue weighted by molar-refractivity contribution is 6.20. The maximum Gasteiger partial charge on any atom is 0.648 e. The molecule has 2 aromatic rings. The molecule has 15 heavy (non-hydrogen) atoms. The molecule has 2 N–H and O–H groups in total. The van der Waals surface area contributed by atoms with Gasteiger partial charge in [-0.2, -0.15) is 0 Å². The lowest BCUT2D eigenvalue weighted by molar-refractivity contribution is -0.499. The number of benzene rings is 1. The van der Waals surface area contributed by atoms with Gasteiger partial charge in [-0.1, -0.05) is 18.2 Å². The van der Waals surface area contributed by atoms with E-state index < -0.39 is 0 Å². The van der Waals surface area contributed by atoms with Crippen molar-refractivity contribution < 1.29 is 4.48 Å². The first-order valence-corrected chi connectivity index (χ1v) is 4.97. The summed E-state index contributed by atoms with van der Waals surface area (Å²) in [5, 5.41) is 1.19. The summed E-state index contributed by atoms with van der Waals surface area (Å²) in [6.45, 7) is 2.01. The van der Waals surface area contributed by atoms with E-state index in [-0.39, 0.29) is 0 Å².